The predicted octanol–water partition coefficient (Wildman–Crippen LogP) is 3.79. The van der Waals surface area contributed by atoms with Gasteiger partial charge in [0.1, 0.15) is 5.75 Å². The summed E-state index contributed by atoms with van der Waals surface area (Å²) in [5.41, 5.74) is -0.411. The molecule has 5 heteroatoms. The Morgan fingerprint density at radius 2 is 1.65 bits per heavy atom. The zero-order chi connectivity index (χ0) is 15.4. The molecule has 20 heavy (non-hydrogen) atoms. The summed E-state index contributed by atoms with van der Waals surface area (Å²) in [6.45, 7) is 11.7. The molecular weight excluding hydrogens is 272 g/mol. The number of rotatable bonds is 5. The molecule has 0 amide bonds. The summed E-state index contributed by atoms with van der Waals surface area (Å²) in [5.74, 6) is 0.0605. The second-order valence-corrected chi connectivity index (χ2v) is 11.2. The molecule has 0 aliphatic carbocycles. The van der Waals surface area contributed by atoms with Gasteiger partial charge in [0, 0.05) is 5.41 Å². The first-order chi connectivity index (χ1) is 9.09. The SMILES string of the molecule is CC(C)(C)C(OO[Si](C)(C)C)C(=O)Oc1ccccc1. The Labute approximate surface area is 122 Å². The van der Waals surface area contributed by atoms with Gasteiger partial charge in [0.25, 0.3) is 0 Å². The lowest BCUT2D eigenvalue weighted by Gasteiger charge is -2.29. The molecule has 1 unspecified atom stereocenters. The van der Waals surface area contributed by atoms with Crippen molar-refractivity contribution in [2.45, 2.75) is 46.5 Å². The standard InChI is InChI=1S/C15H24O4Si/c1-15(2,3)13(18-19-20(4,5)6)14(16)17-12-10-8-7-9-11-12/h7-11,13H,1-6H3. The summed E-state index contributed by atoms with van der Waals surface area (Å²) >= 11 is 0. The molecule has 0 aliphatic rings. The Kier molecular flexibility index (Phi) is 5.50. The van der Waals surface area contributed by atoms with Gasteiger partial charge in [0.15, 0.2) is 6.10 Å². The van der Waals surface area contributed by atoms with E-state index in [1.54, 1.807) is 12.1 Å². The lowest BCUT2D eigenvalue weighted by atomic mass is 9.89. The average molecular weight is 296 g/mol. The highest BCUT2D eigenvalue weighted by atomic mass is 28.4. The maximum absolute atomic E-state index is 12.3. The summed E-state index contributed by atoms with van der Waals surface area (Å²) < 4.78 is 10.8. The third kappa shape index (κ3) is 5.86. The van der Waals surface area contributed by atoms with Crippen molar-refractivity contribution in [1.29, 1.82) is 0 Å². The second-order valence-electron chi connectivity index (χ2n) is 6.77. The van der Waals surface area contributed by atoms with Gasteiger partial charge in [-0.05, 0) is 31.8 Å². The Morgan fingerprint density at radius 3 is 2.10 bits per heavy atom. The first-order valence-corrected chi connectivity index (χ1v) is 10.1. The van der Waals surface area contributed by atoms with Crippen LogP contribution in [0.4, 0.5) is 0 Å². The van der Waals surface area contributed by atoms with E-state index >= 15 is 0 Å². The molecule has 0 fully saturated rings. The number of benzene rings is 1. The normalized spacial score (nSPS) is 13.9. The fourth-order valence-corrected chi connectivity index (χ4v) is 1.77. The summed E-state index contributed by atoms with van der Waals surface area (Å²) in [5, 5.41) is 0. The minimum Gasteiger partial charge on any atom is -0.425 e. The highest BCUT2D eigenvalue weighted by molar-refractivity contribution is 6.69. The van der Waals surface area contributed by atoms with Crippen molar-refractivity contribution in [2.24, 2.45) is 5.41 Å². The van der Waals surface area contributed by atoms with Crippen molar-refractivity contribution in [3.8, 4) is 5.75 Å². The Bertz CT molecular complexity index is 431. The van der Waals surface area contributed by atoms with E-state index in [9.17, 15) is 4.79 Å². The summed E-state index contributed by atoms with van der Waals surface area (Å²) in [7, 11) is -1.87. The van der Waals surface area contributed by atoms with Gasteiger partial charge < -0.3 is 4.74 Å². The lowest BCUT2D eigenvalue weighted by molar-refractivity contribution is -0.274. The minimum absolute atomic E-state index is 0.411. The third-order valence-electron chi connectivity index (χ3n) is 2.36. The zero-order valence-electron chi connectivity index (χ0n) is 13.1. The predicted molar refractivity (Wildman–Crippen MR) is 80.8 cm³/mol. The van der Waals surface area contributed by atoms with E-state index in [0.29, 0.717) is 5.75 Å². The van der Waals surface area contributed by atoms with E-state index < -0.39 is 25.8 Å². The van der Waals surface area contributed by atoms with Crippen LogP contribution in [0.5, 0.6) is 5.75 Å². The number of hydrogen-bond donors (Lipinski definition) is 0. The molecule has 0 aromatic heterocycles. The van der Waals surface area contributed by atoms with Crippen molar-refractivity contribution >= 4 is 14.3 Å². The quantitative estimate of drug-likeness (QED) is 0.273. The number of carbonyl (C=O) groups excluding carboxylic acids is 1. The van der Waals surface area contributed by atoms with Crippen molar-refractivity contribution in [2.75, 3.05) is 0 Å². The number of esters is 1. The van der Waals surface area contributed by atoms with Gasteiger partial charge in [-0.3, -0.25) is 4.58 Å². The van der Waals surface area contributed by atoms with Crippen molar-refractivity contribution in [3.05, 3.63) is 30.3 Å². The molecule has 112 valence electrons. The Balaban J connectivity index is 2.76. The van der Waals surface area contributed by atoms with E-state index in [-0.39, 0.29) is 0 Å². The van der Waals surface area contributed by atoms with Crippen molar-refractivity contribution in [3.63, 3.8) is 0 Å². The molecule has 1 rings (SSSR count). The molecule has 4 nitrogen and oxygen atoms in total. The van der Waals surface area contributed by atoms with Crippen LogP contribution in [-0.4, -0.2) is 20.4 Å². The van der Waals surface area contributed by atoms with Crippen LogP contribution < -0.4 is 4.74 Å². The van der Waals surface area contributed by atoms with Crippen LogP contribution in [0.3, 0.4) is 0 Å². The number of carbonyl (C=O) groups is 1. The van der Waals surface area contributed by atoms with E-state index in [1.807, 2.05) is 58.6 Å². The van der Waals surface area contributed by atoms with E-state index in [0.717, 1.165) is 0 Å². The molecule has 0 aliphatic heterocycles. The van der Waals surface area contributed by atoms with Gasteiger partial charge in [-0.1, -0.05) is 39.0 Å². The fraction of sp³-hybridized carbons (Fsp3) is 0.533. The topological polar surface area (TPSA) is 44.8 Å². The smallest absolute Gasteiger partial charge is 0.344 e. The van der Waals surface area contributed by atoms with E-state index in [4.69, 9.17) is 14.2 Å². The molecule has 1 aromatic rings. The maximum atomic E-state index is 12.3. The van der Waals surface area contributed by atoms with Crippen LogP contribution in [0.25, 0.3) is 0 Å². The third-order valence-corrected chi connectivity index (χ3v) is 2.95. The van der Waals surface area contributed by atoms with Crippen LogP contribution in [0, 0.1) is 5.41 Å². The van der Waals surface area contributed by atoms with Crippen LogP contribution >= 0.6 is 0 Å². The first-order valence-electron chi connectivity index (χ1n) is 6.71. The summed E-state index contributed by atoms with van der Waals surface area (Å²) in [4.78, 5) is 17.7. The highest BCUT2D eigenvalue weighted by Gasteiger charge is 2.36. The maximum Gasteiger partial charge on any atom is 0.344 e. The van der Waals surface area contributed by atoms with Gasteiger partial charge in [-0.2, -0.15) is 0 Å². The molecule has 0 spiro atoms. The van der Waals surface area contributed by atoms with Crippen molar-refractivity contribution in [1.82, 2.24) is 0 Å². The molecule has 0 bridgehead atoms. The van der Waals surface area contributed by atoms with Crippen LogP contribution in [0.2, 0.25) is 19.6 Å². The molecule has 1 atom stereocenters. The molecule has 0 saturated heterocycles. The second kappa shape index (κ2) is 6.52. The van der Waals surface area contributed by atoms with Crippen LogP contribution in [-0.2, 0) is 14.3 Å². The largest absolute Gasteiger partial charge is 0.425 e. The summed E-state index contributed by atoms with van der Waals surface area (Å²) in [6.07, 6.45) is -0.769. The molecular formula is C15H24O4Si. The van der Waals surface area contributed by atoms with E-state index in [1.165, 1.54) is 0 Å². The number of hydrogen-bond acceptors (Lipinski definition) is 4. The zero-order valence-corrected chi connectivity index (χ0v) is 14.1. The molecule has 0 heterocycles. The van der Waals surface area contributed by atoms with Crippen LogP contribution in [0.1, 0.15) is 20.8 Å². The van der Waals surface area contributed by atoms with Crippen LogP contribution in [0.15, 0.2) is 30.3 Å². The molecule has 0 saturated carbocycles. The molecule has 0 N–H and O–H groups in total. The fourth-order valence-electron chi connectivity index (χ4n) is 1.39. The van der Waals surface area contributed by atoms with E-state index in [2.05, 4.69) is 0 Å². The monoisotopic (exact) mass is 296 g/mol. The van der Waals surface area contributed by atoms with Gasteiger partial charge in [-0.25, -0.2) is 9.68 Å². The molecule has 1 aromatic carbocycles. The Morgan fingerprint density at radius 1 is 1.10 bits per heavy atom. The summed E-state index contributed by atoms with van der Waals surface area (Å²) in [6, 6.07) is 8.96. The van der Waals surface area contributed by atoms with Gasteiger partial charge in [0.05, 0.1) is 0 Å². The van der Waals surface area contributed by atoms with Gasteiger partial charge in [0.2, 0.25) is 8.32 Å². The minimum atomic E-state index is -1.87. The average Bonchev–Trinajstić information content (AvgIpc) is 2.26. The number of para-hydroxylation sites is 1. The first kappa shape index (κ1) is 16.9. The molecule has 0 radical (unpaired) electrons. The highest BCUT2D eigenvalue weighted by Crippen LogP contribution is 2.25. The lowest BCUT2D eigenvalue weighted by Crippen LogP contribution is -2.42. The van der Waals surface area contributed by atoms with Crippen molar-refractivity contribution < 1.29 is 19.0 Å². The number of ether oxygens (including phenoxy) is 1. The van der Waals surface area contributed by atoms with Gasteiger partial charge >= 0.3 is 5.97 Å². The van der Waals surface area contributed by atoms with Gasteiger partial charge in [-0.15, -0.1) is 0 Å². The Hall–Kier alpha value is -1.17.